The standard InChI is InChI=1S/C11H16N4O/c1-8-6-9(7-14-10(8)11(12)16)15-4-2-13-3-5-15/h6-7,13H,2-5H2,1H3,(H2,12,16). The maximum absolute atomic E-state index is 11.0. The van der Waals surface area contributed by atoms with E-state index < -0.39 is 5.91 Å². The molecule has 0 aliphatic carbocycles. The number of carbonyl (C=O) groups excluding carboxylic acids is 1. The maximum atomic E-state index is 11.0. The second kappa shape index (κ2) is 4.49. The van der Waals surface area contributed by atoms with E-state index in [0.717, 1.165) is 37.4 Å². The van der Waals surface area contributed by atoms with Gasteiger partial charge in [0.2, 0.25) is 0 Å². The van der Waals surface area contributed by atoms with E-state index in [9.17, 15) is 4.79 Å². The molecule has 0 aromatic carbocycles. The first-order valence-corrected chi connectivity index (χ1v) is 5.40. The van der Waals surface area contributed by atoms with Gasteiger partial charge in [0.25, 0.3) is 5.91 Å². The van der Waals surface area contributed by atoms with Gasteiger partial charge in [-0.05, 0) is 18.6 Å². The first-order chi connectivity index (χ1) is 7.68. The van der Waals surface area contributed by atoms with Crippen LogP contribution in [0.4, 0.5) is 5.69 Å². The van der Waals surface area contributed by atoms with Gasteiger partial charge in [-0.1, -0.05) is 0 Å². The van der Waals surface area contributed by atoms with E-state index in [-0.39, 0.29) is 0 Å². The Morgan fingerprint density at radius 2 is 2.19 bits per heavy atom. The van der Waals surface area contributed by atoms with E-state index in [4.69, 9.17) is 5.73 Å². The lowest BCUT2D eigenvalue weighted by atomic mass is 10.2. The molecular formula is C11H16N4O. The number of rotatable bonds is 2. The van der Waals surface area contributed by atoms with Gasteiger partial charge in [-0.25, -0.2) is 4.98 Å². The summed E-state index contributed by atoms with van der Waals surface area (Å²) in [6.07, 6.45) is 1.72. The molecule has 1 fully saturated rings. The number of aryl methyl sites for hydroxylation is 1. The van der Waals surface area contributed by atoms with E-state index in [2.05, 4.69) is 15.2 Å². The molecule has 1 aromatic rings. The average molecular weight is 220 g/mol. The summed E-state index contributed by atoms with van der Waals surface area (Å²) in [4.78, 5) is 17.4. The summed E-state index contributed by atoms with van der Waals surface area (Å²) in [5, 5.41) is 3.29. The lowest BCUT2D eigenvalue weighted by Gasteiger charge is -2.29. The Labute approximate surface area is 94.6 Å². The Kier molecular flexibility index (Phi) is 3.05. The van der Waals surface area contributed by atoms with E-state index >= 15 is 0 Å². The zero-order valence-corrected chi connectivity index (χ0v) is 9.36. The van der Waals surface area contributed by atoms with Crippen molar-refractivity contribution in [1.29, 1.82) is 0 Å². The Balaban J connectivity index is 2.23. The highest BCUT2D eigenvalue weighted by Crippen LogP contribution is 2.17. The van der Waals surface area contributed by atoms with Gasteiger partial charge in [0.05, 0.1) is 11.9 Å². The number of nitrogens with one attached hydrogen (secondary N) is 1. The van der Waals surface area contributed by atoms with E-state index in [1.807, 2.05) is 13.0 Å². The van der Waals surface area contributed by atoms with Crippen molar-refractivity contribution in [2.24, 2.45) is 5.73 Å². The van der Waals surface area contributed by atoms with E-state index in [1.165, 1.54) is 0 Å². The lowest BCUT2D eigenvalue weighted by molar-refractivity contribution is 0.0995. The quantitative estimate of drug-likeness (QED) is 0.730. The number of piperazine rings is 1. The van der Waals surface area contributed by atoms with Gasteiger partial charge in [-0.2, -0.15) is 0 Å². The summed E-state index contributed by atoms with van der Waals surface area (Å²) in [5.41, 5.74) is 7.47. The van der Waals surface area contributed by atoms with Gasteiger partial charge in [-0.3, -0.25) is 4.79 Å². The molecule has 1 aliphatic rings. The molecule has 0 saturated carbocycles. The molecule has 2 heterocycles. The zero-order valence-electron chi connectivity index (χ0n) is 9.36. The van der Waals surface area contributed by atoms with Crippen LogP contribution in [0.15, 0.2) is 12.3 Å². The van der Waals surface area contributed by atoms with Crippen molar-refractivity contribution in [3.63, 3.8) is 0 Å². The minimum Gasteiger partial charge on any atom is -0.368 e. The van der Waals surface area contributed by atoms with Crippen LogP contribution in [0.1, 0.15) is 16.1 Å². The van der Waals surface area contributed by atoms with Crippen molar-refractivity contribution in [2.45, 2.75) is 6.92 Å². The number of anilines is 1. The lowest BCUT2D eigenvalue weighted by Crippen LogP contribution is -2.43. The molecular weight excluding hydrogens is 204 g/mol. The SMILES string of the molecule is Cc1cc(N2CCNCC2)cnc1C(N)=O. The molecule has 5 nitrogen and oxygen atoms in total. The average Bonchev–Trinajstić information content (AvgIpc) is 2.29. The number of nitrogens with two attached hydrogens (primary N) is 1. The van der Waals surface area contributed by atoms with E-state index in [1.54, 1.807) is 6.20 Å². The van der Waals surface area contributed by atoms with Crippen LogP contribution in [0.5, 0.6) is 0 Å². The smallest absolute Gasteiger partial charge is 0.267 e. The highest BCUT2D eigenvalue weighted by Gasteiger charge is 2.13. The van der Waals surface area contributed by atoms with Crippen LogP contribution in [0, 0.1) is 6.92 Å². The number of nitrogens with zero attached hydrogens (tertiary/aromatic N) is 2. The van der Waals surface area contributed by atoms with Gasteiger partial charge in [-0.15, -0.1) is 0 Å². The normalized spacial score (nSPS) is 16.2. The maximum Gasteiger partial charge on any atom is 0.267 e. The molecule has 1 amide bonds. The fourth-order valence-corrected chi connectivity index (χ4v) is 1.91. The van der Waals surface area contributed by atoms with Crippen molar-refractivity contribution >= 4 is 11.6 Å². The van der Waals surface area contributed by atoms with Crippen molar-refractivity contribution in [1.82, 2.24) is 10.3 Å². The van der Waals surface area contributed by atoms with Crippen LogP contribution in [0.25, 0.3) is 0 Å². The second-order valence-electron chi connectivity index (χ2n) is 3.96. The van der Waals surface area contributed by atoms with Gasteiger partial charge < -0.3 is 16.0 Å². The fourth-order valence-electron chi connectivity index (χ4n) is 1.91. The third-order valence-corrected chi connectivity index (χ3v) is 2.78. The summed E-state index contributed by atoms with van der Waals surface area (Å²) in [6.45, 7) is 5.76. The molecule has 3 N–H and O–H groups in total. The molecule has 2 rings (SSSR count). The molecule has 5 heteroatoms. The second-order valence-corrected chi connectivity index (χ2v) is 3.96. The van der Waals surface area contributed by atoms with Crippen molar-refractivity contribution in [3.8, 4) is 0 Å². The number of pyridine rings is 1. The third-order valence-electron chi connectivity index (χ3n) is 2.78. The molecule has 1 aliphatic heterocycles. The molecule has 16 heavy (non-hydrogen) atoms. The molecule has 86 valence electrons. The highest BCUT2D eigenvalue weighted by molar-refractivity contribution is 5.92. The Morgan fingerprint density at radius 1 is 1.50 bits per heavy atom. The topological polar surface area (TPSA) is 71.2 Å². The number of hydrogen-bond donors (Lipinski definition) is 2. The summed E-state index contributed by atoms with van der Waals surface area (Å²) in [7, 11) is 0. The predicted molar refractivity (Wildman–Crippen MR) is 62.6 cm³/mol. The van der Waals surface area contributed by atoms with Crippen LogP contribution in [-0.4, -0.2) is 37.1 Å². The van der Waals surface area contributed by atoms with Crippen LogP contribution in [0.3, 0.4) is 0 Å². The Bertz CT molecular complexity index is 399. The number of amides is 1. The fraction of sp³-hybridized carbons (Fsp3) is 0.455. The molecule has 0 radical (unpaired) electrons. The number of carbonyl (C=O) groups is 1. The Morgan fingerprint density at radius 3 is 2.75 bits per heavy atom. The number of primary amides is 1. The summed E-state index contributed by atoms with van der Waals surface area (Å²) in [6, 6.07) is 1.97. The van der Waals surface area contributed by atoms with E-state index in [0.29, 0.717) is 5.69 Å². The van der Waals surface area contributed by atoms with Gasteiger partial charge in [0, 0.05) is 26.2 Å². The summed E-state index contributed by atoms with van der Waals surface area (Å²) in [5.74, 6) is -0.468. The third kappa shape index (κ3) is 2.14. The first kappa shape index (κ1) is 10.9. The molecule has 0 bridgehead atoms. The van der Waals surface area contributed by atoms with Gasteiger partial charge >= 0.3 is 0 Å². The monoisotopic (exact) mass is 220 g/mol. The highest BCUT2D eigenvalue weighted by atomic mass is 16.1. The van der Waals surface area contributed by atoms with Crippen LogP contribution < -0.4 is 16.0 Å². The largest absolute Gasteiger partial charge is 0.368 e. The van der Waals surface area contributed by atoms with Gasteiger partial charge in [0.1, 0.15) is 5.69 Å². The molecule has 0 spiro atoms. The molecule has 0 unspecified atom stereocenters. The van der Waals surface area contributed by atoms with Crippen LogP contribution in [0.2, 0.25) is 0 Å². The van der Waals surface area contributed by atoms with Crippen LogP contribution >= 0.6 is 0 Å². The first-order valence-electron chi connectivity index (χ1n) is 5.40. The predicted octanol–water partition coefficient (Wildman–Crippen LogP) is -0.101. The minimum absolute atomic E-state index is 0.360. The molecule has 0 atom stereocenters. The Hall–Kier alpha value is -1.62. The minimum atomic E-state index is -0.468. The van der Waals surface area contributed by atoms with Crippen LogP contribution in [-0.2, 0) is 0 Å². The van der Waals surface area contributed by atoms with Gasteiger partial charge in [0.15, 0.2) is 0 Å². The number of aromatic nitrogens is 1. The zero-order chi connectivity index (χ0) is 11.5. The summed E-state index contributed by atoms with van der Waals surface area (Å²) < 4.78 is 0. The number of hydrogen-bond acceptors (Lipinski definition) is 4. The van der Waals surface area contributed by atoms with Crippen molar-refractivity contribution < 1.29 is 4.79 Å². The van der Waals surface area contributed by atoms with Crippen molar-refractivity contribution in [3.05, 3.63) is 23.5 Å². The summed E-state index contributed by atoms with van der Waals surface area (Å²) >= 11 is 0. The van der Waals surface area contributed by atoms with Crippen molar-refractivity contribution in [2.75, 3.05) is 31.1 Å². The molecule has 1 aromatic heterocycles. The molecule has 1 saturated heterocycles.